The van der Waals surface area contributed by atoms with E-state index in [-0.39, 0.29) is 5.91 Å². The van der Waals surface area contributed by atoms with Crippen LogP contribution in [0, 0.1) is 0 Å². The van der Waals surface area contributed by atoms with Crippen LogP contribution in [0.1, 0.15) is 38.5 Å². The maximum Gasteiger partial charge on any atom is 0.255 e. The van der Waals surface area contributed by atoms with E-state index >= 15 is 0 Å². The molecule has 0 aromatic heterocycles. The monoisotopic (exact) mass is 285 g/mol. The molecule has 0 radical (unpaired) electrons. The summed E-state index contributed by atoms with van der Waals surface area (Å²) in [6, 6.07) is 0. The molecule has 0 aromatic rings. The van der Waals surface area contributed by atoms with Crippen LogP contribution in [0.25, 0.3) is 0 Å². The van der Waals surface area contributed by atoms with E-state index in [1.54, 1.807) is 0 Å². The lowest BCUT2D eigenvalue weighted by atomic mass is 10.1. The van der Waals surface area contributed by atoms with E-state index in [1.165, 1.54) is 12.8 Å². The van der Waals surface area contributed by atoms with Gasteiger partial charge in [0.15, 0.2) is 6.10 Å². The Morgan fingerprint density at radius 3 is 2.19 bits per heavy atom. The van der Waals surface area contributed by atoms with Gasteiger partial charge in [0.1, 0.15) is 5.72 Å². The number of amides is 1. The van der Waals surface area contributed by atoms with E-state index in [2.05, 4.69) is 5.32 Å². The van der Waals surface area contributed by atoms with E-state index in [9.17, 15) is 4.79 Å². The van der Waals surface area contributed by atoms with Crippen molar-refractivity contribution < 1.29 is 9.53 Å². The molecule has 6 heteroatoms. The third-order valence-electron chi connectivity index (χ3n) is 3.14. The van der Waals surface area contributed by atoms with Crippen LogP contribution in [0.5, 0.6) is 0 Å². The Hall–Kier alpha value is 0.300. The van der Waals surface area contributed by atoms with Crippen LogP contribution in [-0.4, -0.2) is 21.5 Å². The number of alkyl halides is 3. The first-order valence-electron chi connectivity index (χ1n) is 5.50. The summed E-state index contributed by atoms with van der Waals surface area (Å²) in [7, 11) is 0. The van der Waals surface area contributed by atoms with Crippen molar-refractivity contribution in [3.63, 3.8) is 0 Å². The summed E-state index contributed by atoms with van der Waals surface area (Å²) in [5, 5.41) is 2.85. The van der Waals surface area contributed by atoms with Crippen molar-refractivity contribution in [3.05, 3.63) is 0 Å². The lowest BCUT2D eigenvalue weighted by Gasteiger charge is -2.28. The zero-order chi connectivity index (χ0) is 11.8. The van der Waals surface area contributed by atoms with Crippen LogP contribution in [0.15, 0.2) is 0 Å². The summed E-state index contributed by atoms with van der Waals surface area (Å²) in [5.41, 5.74) is -0.595. The van der Waals surface area contributed by atoms with Crippen LogP contribution in [0.2, 0.25) is 0 Å². The number of carbonyl (C=O) groups is 1. The third-order valence-corrected chi connectivity index (χ3v) is 3.74. The Kier molecular flexibility index (Phi) is 3.60. The van der Waals surface area contributed by atoms with Crippen molar-refractivity contribution in [2.45, 2.75) is 54.1 Å². The summed E-state index contributed by atoms with van der Waals surface area (Å²) in [4.78, 5) is 11.7. The summed E-state index contributed by atoms with van der Waals surface area (Å²) in [5.74, 6) is -0.318. The molecule has 0 aromatic carbocycles. The largest absolute Gasteiger partial charge is 0.338 e. The number of carbonyl (C=O) groups excluding carboxylic acids is 1. The lowest BCUT2D eigenvalue weighted by Crippen LogP contribution is -2.42. The molecular weight excluding hydrogens is 272 g/mol. The van der Waals surface area contributed by atoms with Crippen molar-refractivity contribution in [2.75, 3.05) is 0 Å². The highest BCUT2D eigenvalue weighted by Crippen LogP contribution is 2.41. The van der Waals surface area contributed by atoms with Gasteiger partial charge in [-0.15, -0.1) is 0 Å². The van der Waals surface area contributed by atoms with Crippen LogP contribution >= 0.6 is 34.8 Å². The Bertz CT molecular complexity index is 282. The van der Waals surface area contributed by atoms with Gasteiger partial charge in [-0.2, -0.15) is 0 Å². The molecule has 1 aliphatic carbocycles. The van der Waals surface area contributed by atoms with Gasteiger partial charge in [-0.25, -0.2) is 0 Å². The average Bonchev–Trinajstić information content (AvgIpc) is 2.36. The van der Waals surface area contributed by atoms with E-state index in [1.807, 2.05) is 0 Å². The first kappa shape index (κ1) is 12.7. The van der Waals surface area contributed by atoms with Gasteiger partial charge in [-0.3, -0.25) is 4.79 Å². The lowest BCUT2D eigenvalue weighted by molar-refractivity contribution is -0.123. The highest BCUT2D eigenvalue weighted by atomic mass is 35.6. The molecule has 2 aliphatic rings. The predicted octanol–water partition coefficient (Wildman–Crippen LogP) is 2.92. The molecule has 1 amide bonds. The van der Waals surface area contributed by atoms with Gasteiger partial charge in [-0.05, 0) is 25.7 Å². The molecule has 1 N–H and O–H groups in total. The summed E-state index contributed by atoms with van der Waals surface area (Å²) in [6.07, 6.45) is 5.01. The number of hydrogen-bond acceptors (Lipinski definition) is 2. The molecule has 1 spiro atoms. The molecule has 2 rings (SSSR count). The summed E-state index contributed by atoms with van der Waals surface area (Å²) in [6.45, 7) is 0. The Morgan fingerprint density at radius 2 is 1.75 bits per heavy atom. The van der Waals surface area contributed by atoms with Gasteiger partial charge < -0.3 is 10.1 Å². The molecule has 92 valence electrons. The zero-order valence-corrected chi connectivity index (χ0v) is 11.0. The molecule has 0 bridgehead atoms. The molecule has 3 nitrogen and oxygen atoms in total. The highest BCUT2D eigenvalue weighted by molar-refractivity contribution is 6.68. The molecule has 16 heavy (non-hydrogen) atoms. The molecule has 1 aliphatic heterocycles. The second-order valence-electron chi connectivity index (χ2n) is 4.44. The van der Waals surface area contributed by atoms with Crippen LogP contribution in [0.3, 0.4) is 0 Å². The number of halogens is 3. The first-order chi connectivity index (χ1) is 7.43. The van der Waals surface area contributed by atoms with Gasteiger partial charge in [0.05, 0.1) is 0 Å². The Balaban J connectivity index is 2.12. The standard InChI is InChI=1S/C10H14Cl3NO2/c11-10(12,13)7-8(15)14-9(16-7)5-3-1-2-4-6-9/h7H,1-6H2,(H,14,15)/t7-/m1/s1. The third kappa shape index (κ3) is 2.58. The maximum absolute atomic E-state index is 11.7. The number of hydrogen-bond donors (Lipinski definition) is 1. The van der Waals surface area contributed by atoms with Crippen molar-refractivity contribution >= 4 is 40.7 Å². The average molecular weight is 287 g/mol. The van der Waals surface area contributed by atoms with Crippen LogP contribution < -0.4 is 5.32 Å². The molecular formula is C10H14Cl3NO2. The fourth-order valence-electron chi connectivity index (χ4n) is 2.36. The maximum atomic E-state index is 11.7. The quantitative estimate of drug-likeness (QED) is 0.695. The van der Waals surface area contributed by atoms with Crippen molar-refractivity contribution in [1.82, 2.24) is 5.32 Å². The van der Waals surface area contributed by atoms with Gasteiger partial charge in [0.25, 0.3) is 5.91 Å². The Morgan fingerprint density at radius 1 is 1.19 bits per heavy atom. The fourth-order valence-corrected chi connectivity index (χ4v) is 2.79. The minimum absolute atomic E-state index is 0.318. The highest BCUT2D eigenvalue weighted by Gasteiger charge is 2.52. The van der Waals surface area contributed by atoms with Gasteiger partial charge >= 0.3 is 0 Å². The molecule has 1 atom stereocenters. The van der Waals surface area contributed by atoms with Gasteiger partial charge in [0.2, 0.25) is 3.79 Å². The molecule has 0 unspecified atom stereocenters. The van der Waals surface area contributed by atoms with Crippen molar-refractivity contribution in [3.8, 4) is 0 Å². The summed E-state index contributed by atoms with van der Waals surface area (Å²) >= 11 is 17.2. The second kappa shape index (κ2) is 4.52. The fraction of sp³-hybridized carbons (Fsp3) is 0.900. The van der Waals surface area contributed by atoms with E-state index in [0.717, 1.165) is 25.7 Å². The molecule has 1 heterocycles. The first-order valence-corrected chi connectivity index (χ1v) is 6.63. The van der Waals surface area contributed by atoms with Gasteiger partial charge in [-0.1, -0.05) is 47.6 Å². The minimum atomic E-state index is -1.69. The normalized spacial score (nSPS) is 30.2. The van der Waals surface area contributed by atoms with Crippen LogP contribution in [0.4, 0.5) is 0 Å². The summed E-state index contributed by atoms with van der Waals surface area (Å²) < 4.78 is 4.00. The zero-order valence-electron chi connectivity index (χ0n) is 8.77. The Labute approximate surface area is 110 Å². The molecule has 1 saturated heterocycles. The van der Waals surface area contributed by atoms with Crippen molar-refractivity contribution in [2.24, 2.45) is 0 Å². The second-order valence-corrected chi connectivity index (χ2v) is 6.81. The molecule has 1 saturated carbocycles. The van der Waals surface area contributed by atoms with Gasteiger partial charge in [0, 0.05) is 0 Å². The number of ether oxygens (including phenoxy) is 1. The predicted molar refractivity (Wildman–Crippen MR) is 63.7 cm³/mol. The molecule has 2 fully saturated rings. The SMILES string of the molecule is O=C1NC2(CCCCCC2)O[C@H]1C(Cl)(Cl)Cl. The minimum Gasteiger partial charge on any atom is -0.338 e. The van der Waals surface area contributed by atoms with E-state index in [0.29, 0.717) is 0 Å². The number of rotatable bonds is 0. The van der Waals surface area contributed by atoms with E-state index in [4.69, 9.17) is 39.5 Å². The van der Waals surface area contributed by atoms with Crippen LogP contribution in [-0.2, 0) is 9.53 Å². The number of nitrogens with one attached hydrogen (secondary N) is 1. The van der Waals surface area contributed by atoms with Crippen molar-refractivity contribution in [1.29, 1.82) is 0 Å². The smallest absolute Gasteiger partial charge is 0.255 e. The van der Waals surface area contributed by atoms with E-state index < -0.39 is 15.6 Å². The topological polar surface area (TPSA) is 38.3 Å².